The third kappa shape index (κ3) is 3.81. The quantitative estimate of drug-likeness (QED) is 0.849. The Balaban J connectivity index is 2.08. The standard InChI is InChI=1S/C17H19FN2O/c1-17(2,14-5-3-4-6-15(14)18)20-16(21)11-12-7-9-13(19)10-8-12/h3-10H,11,19H2,1-2H3,(H,20,21). The number of hydrogen-bond donors (Lipinski definition) is 2. The number of nitrogen functional groups attached to an aromatic ring is 1. The van der Waals surface area contributed by atoms with Gasteiger partial charge in [-0.1, -0.05) is 30.3 Å². The van der Waals surface area contributed by atoms with Crippen molar-refractivity contribution >= 4 is 11.6 Å². The first-order valence-corrected chi connectivity index (χ1v) is 6.79. The highest BCUT2D eigenvalue weighted by Crippen LogP contribution is 2.23. The van der Waals surface area contributed by atoms with Gasteiger partial charge in [0.15, 0.2) is 0 Å². The van der Waals surface area contributed by atoms with Crippen molar-refractivity contribution in [1.29, 1.82) is 0 Å². The minimum absolute atomic E-state index is 0.159. The number of anilines is 1. The molecule has 0 aliphatic heterocycles. The van der Waals surface area contributed by atoms with Crippen molar-refractivity contribution in [3.63, 3.8) is 0 Å². The SMILES string of the molecule is CC(C)(NC(=O)Cc1ccc(N)cc1)c1ccccc1F. The van der Waals surface area contributed by atoms with E-state index in [4.69, 9.17) is 5.73 Å². The molecule has 0 saturated heterocycles. The van der Waals surface area contributed by atoms with E-state index < -0.39 is 5.54 Å². The van der Waals surface area contributed by atoms with Crippen molar-refractivity contribution in [3.8, 4) is 0 Å². The van der Waals surface area contributed by atoms with Crippen molar-refractivity contribution in [3.05, 3.63) is 65.5 Å². The Labute approximate surface area is 124 Å². The average molecular weight is 286 g/mol. The first kappa shape index (κ1) is 15.0. The lowest BCUT2D eigenvalue weighted by atomic mass is 9.93. The van der Waals surface area contributed by atoms with E-state index in [1.165, 1.54) is 6.07 Å². The van der Waals surface area contributed by atoms with Gasteiger partial charge >= 0.3 is 0 Å². The lowest BCUT2D eigenvalue weighted by Gasteiger charge is -2.27. The predicted octanol–water partition coefficient (Wildman–Crippen LogP) is 3.00. The summed E-state index contributed by atoms with van der Waals surface area (Å²) in [6.45, 7) is 3.57. The molecule has 1 amide bonds. The van der Waals surface area contributed by atoms with Crippen molar-refractivity contribution in [2.75, 3.05) is 5.73 Å². The summed E-state index contributed by atoms with van der Waals surface area (Å²) in [6, 6.07) is 13.6. The first-order chi connectivity index (χ1) is 9.88. The van der Waals surface area contributed by atoms with Gasteiger partial charge in [-0.25, -0.2) is 4.39 Å². The number of halogens is 1. The summed E-state index contributed by atoms with van der Waals surface area (Å²) in [5, 5.41) is 2.87. The topological polar surface area (TPSA) is 55.1 Å². The fourth-order valence-corrected chi connectivity index (χ4v) is 2.25. The molecular formula is C17H19FN2O. The van der Waals surface area contributed by atoms with Crippen LogP contribution in [0.15, 0.2) is 48.5 Å². The lowest BCUT2D eigenvalue weighted by molar-refractivity contribution is -0.122. The Bertz CT molecular complexity index is 635. The van der Waals surface area contributed by atoms with E-state index in [0.717, 1.165) is 5.56 Å². The second-order valence-corrected chi connectivity index (χ2v) is 5.57. The van der Waals surface area contributed by atoms with Crippen LogP contribution in [0.2, 0.25) is 0 Å². The van der Waals surface area contributed by atoms with Gasteiger partial charge in [0.2, 0.25) is 5.91 Å². The Hall–Kier alpha value is -2.36. The molecule has 0 atom stereocenters. The fourth-order valence-electron chi connectivity index (χ4n) is 2.25. The zero-order valence-corrected chi connectivity index (χ0v) is 12.2. The normalized spacial score (nSPS) is 11.2. The molecule has 0 unspecified atom stereocenters. The molecule has 0 bridgehead atoms. The van der Waals surface area contributed by atoms with Gasteiger partial charge in [0.25, 0.3) is 0 Å². The van der Waals surface area contributed by atoms with E-state index >= 15 is 0 Å². The molecule has 110 valence electrons. The molecule has 2 rings (SSSR count). The lowest BCUT2D eigenvalue weighted by Crippen LogP contribution is -2.42. The largest absolute Gasteiger partial charge is 0.399 e. The van der Waals surface area contributed by atoms with E-state index in [1.54, 1.807) is 44.2 Å². The average Bonchev–Trinajstić information content (AvgIpc) is 2.41. The number of amides is 1. The van der Waals surface area contributed by atoms with Crippen LogP contribution < -0.4 is 11.1 Å². The van der Waals surface area contributed by atoms with Gasteiger partial charge in [0, 0.05) is 11.3 Å². The molecule has 0 aromatic heterocycles. The van der Waals surface area contributed by atoms with Crippen molar-refractivity contribution in [2.45, 2.75) is 25.8 Å². The Morgan fingerprint density at radius 1 is 1.14 bits per heavy atom. The molecular weight excluding hydrogens is 267 g/mol. The summed E-state index contributed by atoms with van der Waals surface area (Å²) in [5.74, 6) is -0.483. The molecule has 0 aliphatic carbocycles. The first-order valence-electron chi connectivity index (χ1n) is 6.79. The third-order valence-electron chi connectivity index (χ3n) is 3.34. The summed E-state index contributed by atoms with van der Waals surface area (Å²) in [5.41, 5.74) is 6.84. The number of benzene rings is 2. The molecule has 2 aromatic carbocycles. The van der Waals surface area contributed by atoms with Crippen LogP contribution in [0.25, 0.3) is 0 Å². The monoisotopic (exact) mass is 286 g/mol. The predicted molar refractivity (Wildman–Crippen MR) is 82.1 cm³/mol. The van der Waals surface area contributed by atoms with E-state index in [2.05, 4.69) is 5.32 Å². The van der Waals surface area contributed by atoms with E-state index in [-0.39, 0.29) is 18.1 Å². The molecule has 4 heteroatoms. The van der Waals surface area contributed by atoms with Gasteiger partial charge in [-0.15, -0.1) is 0 Å². The molecule has 0 saturated carbocycles. The molecule has 3 N–H and O–H groups in total. The minimum atomic E-state index is -0.768. The smallest absolute Gasteiger partial charge is 0.225 e. The summed E-state index contributed by atoms with van der Waals surface area (Å²) >= 11 is 0. The molecule has 3 nitrogen and oxygen atoms in total. The van der Waals surface area contributed by atoms with E-state index in [9.17, 15) is 9.18 Å². The van der Waals surface area contributed by atoms with Gasteiger partial charge in [-0.3, -0.25) is 4.79 Å². The van der Waals surface area contributed by atoms with Gasteiger partial charge in [-0.05, 0) is 37.6 Å². The summed E-state index contributed by atoms with van der Waals surface area (Å²) in [7, 11) is 0. The third-order valence-corrected chi connectivity index (χ3v) is 3.34. The zero-order valence-electron chi connectivity index (χ0n) is 12.2. The van der Waals surface area contributed by atoms with Crippen LogP contribution in [0.3, 0.4) is 0 Å². The Morgan fingerprint density at radius 2 is 1.76 bits per heavy atom. The second-order valence-electron chi connectivity index (χ2n) is 5.57. The number of hydrogen-bond acceptors (Lipinski definition) is 2. The van der Waals surface area contributed by atoms with Crippen LogP contribution in [0, 0.1) is 5.82 Å². The van der Waals surface area contributed by atoms with Crippen LogP contribution in [-0.2, 0) is 16.8 Å². The minimum Gasteiger partial charge on any atom is -0.399 e. The van der Waals surface area contributed by atoms with Gasteiger partial charge in [0.1, 0.15) is 5.82 Å². The van der Waals surface area contributed by atoms with E-state index in [1.807, 2.05) is 12.1 Å². The Morgan fingerprint density at radius 3 is 2.38 bits per heavy atom. The number of nitrogens with one attached hydrogen (secondary N) is 1. The summed E-state index contributed by atoms with van der Waals surface area (Å²) in [6.07, 6.45) is 0.234. The van der Waals surface area contributed by atoms with Crippen LogP contribution >= 0.6 is 0 Å². The maximum absolute atomic E-state index is 13.8. The highest BCUT2D eigenvalue weighted by molar-refractivity contribution is 5.79. The van der Waals surface area contributed by atoms with Gasteiger partial charge < -0.3 is 11.1 Å². The van der Waals surface area contributed by atoms with Crippen molar-refractivity contribution < 1.29 is 9.18 Å². The summed E-state index contributed by atoms with van der Waals surface area (Å²) in [4.78, 5) is 12.1. The van der Waals surface area contributed by atoms with Crippen LogP contribution in [0.5, 0.6) is 0 Å². The number of carbonyl (C=O) groups excluding carboxylic acids is 1. The molecule has 0 radical (unpaired) electrons. The highest BCUT2D eigenvalue weighted by atomic mass is 19.1. The van der Waals surface area contributed by atoms with Crippen molar-refractivity contribution in [2.24, 2.45) is 0 Å². The van der Waals surface area contributed by atoms with Crippen molar-refractivity contribution in [1.82, 2.24) is 5.32 Å². The Kier molecular flexibility index (Phi) is 4.26. The molecule has 21 heavy (non-hydrogen) atoms. The second kappa shape index (κ2) is 5.95. The van der Waals surface area contributed by atoms with Crippen LogP contribution in [0.1, 0.15) is 25.0 Å². The van der Waals surface area contributed by atoms with Crippen LogP contribution in [0.4, 0.5) is 10.1 Å². The van der Waals surface area contributed by atoms with E-state index in [0.29, 0.717) is 11.3 Å². The highest BCUT2D eigenvalue weighted by Gasteiger charge is 2.25. The maximum Gasteiger partial charge on any atom is 0.225 e. The molecule has 0 heterocycles. The summed E-state index contributed by atoms with van der Waals surface area (Å²) < 4.78 is 13.8. The van der Waals surface area contributed by atoms with Gasteiger partial charge in [-0.2, -0.15) is 0 Å². The fraction of sp³-hybridized carbons (Fsp3) is 0.235. The molecule has 0 spiro atoms. The zero-order chi connectivity index (χ0) is 15.5. The number of nitrogens with two attached hydrogens (primary N) is 1. The molecule has 2 aromatic rings. The van der Waals surface area contributed by atoms with Crippen LogP contribution in [-0.4, -0.2) is 5.91 Å². The molecule has 0 aliphatic rings. The number of carbonyl (C=O) groups is 1. The number of rotatable bonds is 4. The maximum atomic E-state index is 13.8. The molecule has 0 fully saturated rings. The van der Waals surface area contributed by atoms with Gasteiger partial charge in [0.05, 0.1) is 12.0 Å².